The number of hydrogen-bond acceptors (Lipinski definition) is 5. The summed E-state index contributed by atoms with van der Waals surface area (Å²) in [5.41, 5.74) is 23.4. The van der Waals surface area contributed by atoms with Crippen molar-refractivity contribution in [2.75, 3.05) is 5.32 Å². The number of rotatable bonds is 8. The van der Waals surface area contributed by atoms with E-state index in [2.05, 4.69) is 104 Å². The van der Waals surface area contributed by atoms with E-state index in [1.54, 1.807) is 6.20 Å². The van der Waals surface area contributed by atoms with Crippen LogP contribution in [0.1, 0.15) is 110 Å². The van der Waals surface area contributed by atoms with Crippen molar-refractivity contribution in [2.45, 2.75) is 96.9 Å². The van der Waals surface area contributed by atoms with Crippen LogP contribution in [-0.2, 0) is 0 Å². The van der Waals surface area contributed by atoms with Gasteiger partial charge in [0.1, 0.15) is 0 Å². The van der Waals surface area contributed by atoms with Crippen LogP contribution in [0.5, 0.6) is 0 Å². The molecule has 0 saturated carbocycles. The summed E-state index contributed by atoms with van der Waals surface area (Å²) in [5.74, 6) is -2.64. The molecule has 260 valence electrons. The summed E-state index contributed by atoms with van der Waals surface area (Å²) in [6, 6.07) is 11.6. The quantitative estimate of drug-likeness (QED) is 0.144. The van der Waals surface area contributed by atoms with E-state index in [0.29, 0.717) is 5.70 Å². The van der Waals surface area contributed by atoms with Gasteiger partial charge in [-0.3, -0.25) is 0 Å². The number of aryl methyl sites for hydroxylation is 6. The van der Waals surface area contributed by atoms with Gasteiger partial charge in [-0.15, -0.1) is 0 Å². The van der Waals surface area contributed by atoms with Gasteiger partial charge in [-0.2, -0.15) is 0 Å². The minimum Gasteiger partial charge on any atom is -0.477 e. The van der Waals surface area contributed by atoms with E-state index in [9.17, 15) is 19.8 Å². The van der Waals surface area contributed by atoms with E-state index >= 15 is 0 Å². The summed E-state index contributed by atoms with van der Waals surface area (Å²) >= 11 is 0. The third-order valence-corrected chi connectivity index (χ3v) is 8.97. The van der Waals surface area contributed by atoms with Gasteiger partial charge in [0.15, 0.2) is 11.4 Å². The Hall–Kier alpha value is -4.85. The molecule has 0 bridgehead atoms. The van der Waals surface area contributed by atoms with Gasteiger partial charge in [0.05, 0.1) is 5.70 Å². The van der Waals surface area contributed by atoms with Crippen LogP contribution in [0.15, 0.2) is 42.6 Å². The number of aromatic nitrogens is 1. The number of carboxylic acids is 2. The van der Waals surface area contributed by atoms with E-state index in [0.717, 1.165) is 27.8 Å². The topological polar surface area (TPSA) is 126 Å². The maximum atomic E-state index is 11.5. The van der Waals surface area contributed by atoms with Crippen LogP contribution >= 0.6 is 0 Å². The molecule has 0 spiro atoms. The average molecular weight is 664 g/mol. The van der Waals surface area contributed by atoms with Gasteiger partial charge < -0.3 is 21.3 Å². The van der Waals surface area contributed by atoms with Crippen LogP contribution in [-0.4, -0.2) is 33.8 Å². The fraction of sp³-hybridized carbons (Fsp3) is 0.341. The first-order valence-electron chi connectivity index (χ1n) is 17.0. The highest BCUT2D eigenvalue weighted by molar-refractivity contribution is 6.97. The zero-order chi connectivity index (χ0) is 37.5. The number of nitrogens with one attached hydrogen (secondary N) is 1. The molecule has 3 aromatic carbocycles. The van der Waals surface area contributed by atoms with E-state index in [1.807, 2.05) is 27.7 Å². The molecule has 0 amide bonds. The zero-order valence-corrected chi connectivity index (χ0v) is 31.9. The highest BCUT2D eigenvalue weighted by atomic mass is 16.4. The number of carbonyl (C=O) groups is 2. The smallest absolute Gasteiger partial charge is 0.354 e. The number of carboxylic acid groups (broad SMARTS) is 2. The summed E-state index contributed by atoms with van der Waals surface area (Å²) in [6.45, 7) is 29.6. The summed E-state index contributed by atoms with van der Waals surface area (Å²) in [7, 11) is 0. The van der Waals surface area contributed by atoms with Crippen LogP contribution < -0.4 is 27.4 Å². The Kier molecular flexibility index (Phi) is 14.0. The Balaban J connectivity index is 0.00000201. The Morgan fingerprint density at radius 2 is 0.959 bits per heavy atom. The van der Waals surface area contributed by atoms with Crippen LogP contribution in [0.25, 0.3) is 5.70 Å². The van der Waals surface area contributed by atoms with Gasteiger partial charge in [0.25, 0.3) is 0 Å². The summed E-state index contributed by atoms with van der Waals surface area (Å²) in [5, 5.41) is 21.8. The van der Waals surface area contributed by atoms with Crippen molar-refractivity contribution < 1.29 is 19.8 Å². The van der Waals surface area contributed by atoms with Gasteiger partial charge in [-0.05, 0) is 92.5 Å². The average Bonchev–Trinajstić information content (AvgIpc) is 3.03. The second kappa shape index (κ2) is 17.0. The number of nitrogens with zero attached hydrogens (tertiary/aromatic N) is 1. The molecule has 8 heteroatoms. The molecule has 0 unspecified atom stereocenters. The molecule has 4 aromatic rings. The fourth-order valence-corrected chi connectivity index (χ4v) is 7.00. The van der Waals surface area contributed by atoms with Crippen molar-refractivity contribution in [3.63, 3.8) is 0 Å². The van der Waals surface area contributed by atoms with Crippen molar-refractivity contribution in [3.05, 3.63) is 115 Å². The fourth-order valence-electron chi connectivity index (χ4n) is 7.00. The molecule has 1 aromatic heterocycles. The number of anilines is 1. The molecule has 0 fully saturated rings. The first kappa shape index (κ1) is 40.3. The molecule has 7 nitrogen and oxygen atoms in total. The second-order valence-corrected chi connectivity index (χ2v) is 12.3. The van der Waals surface area contributed by atoms with Crippen LogP contribution in [0, 0.1) is 69.2 Å². The monoisotopic (exact) mass is 663 g/mol. The van der Waals surface area contributed by atoms with Crippen molar-refractivity contribution in [2.24, 2.45) is 5.73 Å². The largest absolute Gasteiger partial charge is 0.477 e. The Labute approximate surface area is 293 Å². The number of benzene rings is 3. The zero-order valence-electron chi connectivity index (χ0n) is 31.9. The Morgan fingerprint density at radius 3 is 1.29 bits per heavy atom. The van der Waals surface area contributed by atoms with E-state index in [4.69, 9.17) is 5.73 Å². The number of pyridine rings is 1. The second-order valence-electron chi connectivity index (χ2n) is 12.3. The van der Waals surface area contributed by atoms with Crippen molar-refractivity contribution in [3.8, 4) is 0 Å². The molecule has 0 aliphatic rings. The van der Waals surface area contributed by atoms with E-state index in [-0.39, 0.29) is 23.8 Å². The predicted molar refractivity (Wildman–Crippen MR) is 208 cm³/mol. The first-order valence-corrected chi connectivity index (χ1v) is 17.0. The lowest BCUT2D eigenvalue weighted by Gasteiger charge is -2.30. The van der Waals surface area contributed by atoms with Crippen LogP contribution in [0.3, 0.4) is 0 Å². The van der Waals surface area contributed by atoms with Gasteiger partial charge >= 0.3 is 11.9 Å². The molecule has 4 rings (SSSR count). The standard InChI is InChI=1S/C37H42BN3O4.2C2H6/c1-18-11-20(3)33(21(4)12-18)38(34-22(5)13-19(2)14-23(34)6)35-26(9)24(7)32(25(8)27(35)10)29(39)17-40-28-15-30(36(42)43)41-31(16-28)37(44)45;2*1-2/h11-17H,39H2,1-10H3,(H,40,41)(H,42,43)(H,44,45);2*1-2H3/b29-17-;;. The molecule has 0 atom stereocenters. The molecule has 0 radical (unpaired) electrons. The molecule has 0 aliphatic carbocycles. The van der Waals surface area contributed by atoms with Crippen LogP contribution in [0.2, 0.25) is 0 Å². The summed E-state index contributed by atoms with van der Waals surface area (Å²) in [4.78, 5) is 26.8. The number of hydrogen-bond donors (Lipinski definition) is 4. The molecule has 5 N–H and O–H groups in total. The highest BCUT2D eigenvalue weighted by Crippen LogP contribution is 2.27. The van der Waals surface area contributed by atoms with E-state index < -0.39 is 11.9 Å². The van der Waals surface area contributed by atoms with Crippen molar-refractivity contribution in [1.29, 1.82) is 0 Å². The summed E-state index contributed by atoms with van der Waals surface area (Å²) < 4.78 is 0. The Bertz CT molecular complexity index is 1740. The van der Waals surface area contributed by atoms with Gasteiger partial charge in [-0.25, -0.2) is 14.6 Å². The van der Waals surface area contributed by atoms with Gasteiger partial charge in [-0.1, -0.05) is 113 Å². The molecule has 0 saturated heterocycles. The lowest BCUT2D eigenvalue weighted by atomic mass is 9.32. The minimum absolute atomic E-state index is 0.0154. The molecule has 1 heterocycles. The highest BCUT2D eigenvalue weighted by Gasteiger charge is 2.32. The number of nitrogens with two attached hydrogens (primary N) is 1. The predicted octanol–water partition coefficient (Wildman–Crippen LogP) is 7.50. The van der Waals surface area contributed by atoms with Crippen molar-refractivity contribution in [1.82, 2.24) is 4.98 Å². The maximum absolute atomic E-state index is 11.5. The molecular weight excluding hydrogens is 609 g/mol. The Morgan fingerprint density at radius 1 is 0.612 bits per heavy atom. The lowest BCUT2D eigenvalue weighted by Crippen LogP contribution is -2.58. The van der Waals surface area contributed by atoms with Gasteiger partial charge in [0.2, 0.25) is 6.71 Å². The SMILES string of the molecule is CC.CC.Cc1cc(C)c(B(c2c(C)cc(C)cc2C)c2c(C)c(C)c(/C(N)=C/Nc3cc(C(=O)O)nc(C(=O)O)c3)c(C)c2C)c(C)c1. The molecular formula is C41H54BN3O4. The van der Waals surface area contributed by atoms with E-state index in [1.165, 1.54) is 61.9 Å². The lowest BCUT2D eigenvalue weighted by molar-refractivity contribution is 0.0685. The number of aromatic carboxylic acids is 2. The third-order valence-electron chi connectivity index (χ3n) is 8.97. The maximum Gasteiger partial charge on any atom is 0.354 e. The summed E-state index contributed by atoms with van der Waals surface area (Å²) in [6.07, 6.45) is 1.58. The third kappa shape index (κ3) is 8.61. The van der Waals surface area contributed by atoms with Crippen molar-refractivity contribution >= 4 is 46.4 Å². The normalized spacial score (nSPS) is 10.8. The first-order chi connectivity index (χ1) is 23.0. The van der Waals surface area contributed by atoms with Crippen LogP contribution in [0.4, 0.5) is 5.69 Å². The van der Waals surface area contributed by atoms with Gasteiger partial charge in [0, 0.05) is 17.5 Å². The minimum atomic E-state index is -1.32. The molecule has 0 aliphatic heterocycles. The molecule has 49 heavy (non-hydrogen) atoms.